The van der Waals surface area contributed by atoms with Gasteiger partial charge in [-0.3, -0.25) is 14.6 Å². The monoisotopic (exact) mass is 312 g/mol. The van der Waals surface area contributed by atoms with Crippen LogP contribution >= 0.6 is 12.4 Å². The first-order chi connectivity index (χ1) is 9.56. The normalized spacial score (nSPS) is 16.7. The molecule has 1 aromatic carbocycles. The van der Waals surface area contributed by atoms with E-state index in [4.69, 9.17) is 5.11 Å². The van der Waals surface area contributed by atoms with E-state index in [0.29, 0.717) is 6.04 Å². The van der Waals surface area contributed by atoms with Gasteiger partial charge in [0.15, 0.2) is 0 Å². The lowest BCUT2D eigenvalue weighted by atomic mass is 10.0. The Morgan fingerprint density at radius 2 is 1.95 bits per heavy atom. The van der Waals surface area contributed by atoms with Crippen molar-refractivity contribution < 1.29 is 9.90 Å². The second kappa shape index (κ2) is 8.37. The molecule has 1 aliphatic heterocycles. The topological polar surface area (TPSA) is 43.8 Å². The van der Waals surface area contributed by atoms with Crippen molar-refractivity contribution in [1.29, 1.82) is 0 Å². The summed E-state index contributed by atoms with van der Waals surface area (Å²) >= 11 is 0. The zero-order valence-electron chi connectivity index (χ0n) is 12.8. The van der Waals surface area contributed by atoms with E-state index in [1.807, 2.05) is 11.9 Å². The maximum atomic E-state index is 10.7. The minimum atomic E-state index is -0.741. The number of piperidine rings is 1. The SMILES string of the molecule is Cc1ccccc1CN1CCC(N(C)CC(=O)O)CC1.Cl. The standard InChI is InChI=1S/C16H24N2O2.ClH/c1-13-5-3-4-6-14(13)11-18-9-7-15(8-10-18)17(2)12-16(19)20;/h3-6,15H,7-12H2,1-2H3,(H,19,20);1H. The number of nitrogens with zero attached hydrogens (tertiary/aromatic N) is 2. The number of hydrogen-bond acceptors (Lipinski definition) is 3. The van der Waals surface area contributed by atoms with Crippen LogP contribution in [0.15, 0.2) is 24.3 Å². The lowest BCUT2D eigenvalue weighted by molar-refractivity contribution is -0.138. The Bertz CT molecular complexity index is 459. The molecular weight excluding hydrogens is 288 g/mol. The fourth-order valence-corrected chi connectivity index (χ4v) is 2.89. The molecule has 1 saturated heterocycles. The Balaban J connectivity index is 0.00000220. The first-order valence-corrected chi connectivity index (χ1v) is 7.25. The van der Waals surface area contributed by atoms with E-state index in [-0.39, 0.29) is 19.0 Å². The number of likely N-dealkylation sites (tertiary alicyclic amines) is 1. The highest BCUT2D eigenvalue weighted by atomic mass is 35.5. The van der Waals surface area contributed by atoms with Crippen molar-refractivity contribution in [2.45, 2.75) is 32.4 Å². The Morgan fingerprint density at radius 1 is 1.33 bits per heavy atom. The first-order valence-electron chi connectivity index (χ1n) is 7.25. The quantitative estimate of drug-likeness (QED) is 0.906. The third-order valence-corrected chi connectivity index (χ3v) is 4.22. The number of aryl methyl sites for hydroxylation is 1. The Kier molecular flexibility index (Phi) is 7.15. The third-order valence-electron chi connectivity index (χ3n) is 4.22. The van der Waals surface area contributed by atoms with Crippen molar-refractivity contribution in [1.82, 2.24) is 9.80 Å². The van der Waals surface area contributed by atoms with E-state index < -0.39 is 5.97 Å². The van der Waals surface area contributed by atoms with Gasteiger partial charge in [0.05, 0.1) is 6.54 Å². The molecule has 4 nitrogen and oxygen atoms in total. The molecule has 118 valence electrons. The maximum Gasteiger partial charge on any atom is 0.317 e. The van der Waals surface area contributed by atoms with Gasteiger partial charge in [0.2, 0.25) is 0 Å². The summed E-state index contributed by atoms with van der Waals surface area (Å²) in [5, 5.41) is 8.84. The predicted molar refractivity (Wildman–Crippen MR) is 87.0 cm³/mol. The summed E-state index contributed by atoms with van der Waals surface area (Å²) in [6.07, 6.45) is 2.10. The highest BCUT2D eigenvalue weighted by Gasteiger charge is 2.23. The highest BCUT2D eigenvalue weighted by Crippen LogP contribution is 2.18. The number of carbonyl (C=O) groups is 1. The van der Waals surface area contributed by atoms with E-state index in [1.165, 1.54) is 11.1 Å². The number of benzene rings is 1. The zero-order chi connectivity index (χ0) is 14.5. The minimum Gasteiger partial charge on any atom is -0.480 e. The summed E-state index contributed by atoms with van der Waals surface area (Å²) in [5.74, 6) is -0.741. The summed E-state index contributed by atoms with van der Waals surface area (Å²) in [7, 11) is 1.91. The zero-order valence-corrected chi connectivity index (χ0v) is 13.6. The number of aliphatic carboxylic acids is 1. The van der Waals surface area contributed by atoms with Crippen LogP contribution < -0.4 is 0 Å². The van der Waals surface area contributed by atoms with Gasteiger partial charge in [0, 0.05) is 12.6 Å². The molecule has 0 aromatic heterocycles. The fraction of sp³-hybridized carbons (Fsp3) is 0.562. The molecule has 5 heteroatoms. The number of carboxylic acids is 1. The molecule has 0 unspecified atom stereocenters. The van der Waals surface area contributed by atoms with Crippen LogP contribution in [0.25, 0.3) is 0 Å². The van der Waals surface area contributed by atoms with Crippen molar-refractivity contribution in [2.75, 3.05) is 26.7 Å². The van der Waals surface area contributed by atoms with Crippen LogP contribution in [0.4, 0.5) is 0 Å². The maximum absolute atomic E-state index is 10.7. The molecule has 0 amide bonds. The molecule has 2 rings (SSSR count). The van der Waals surface area contributed by atoms with Gasteiger partial charge in [-0.2, -0.15) is 0 Å². The molecule has 0 radical (unpaired) electrons. The number of carboxylic acid groups (broad SMARTS) is 1. The second-order valence-electron chi connectivity index (χ2n) is 5.74. The lowest BCUT2D eigenvalue weighted by Crippen LogP contribution is -2.44. The molecule has 1 aliphatic rings. The first kappa shape index (κ1) is 18.0. The smallest absolute Gasteiger partial charge is 0.317 e. The third kappa shape index (κ3) is 5.30. The van der Waals surface area contributed by atoms with Crippen LogP contribution in [0.2, 0.25) is 0 Å². The number of likely N-dealkylation sites (N-methyl/N-ethyl adjacent to an activating group) is 1. The Hall–Kier alpha value is -1.10. The molecule has 0 bridgehead atoms. The van der Waals surface area contributed by atoms with Crippen LogP contribution in [-0.2, 0) is 11.3 Å². The molecule has 0 spiro atoms. The van der Waals surface area contributed by atoms with Gasteiger partial charge >= 0.3 is 5.97 Å². The van der Waals surface area contributed by atoms with E-state index in [2.05, 4.69) is 36.1 Å². The molecule has 0 atom stereocenters. The summed E-state index contributed by atoms with van der Waals surface area (Å²) < 4.78 is 0. The van der Waals surface area contributed by atoms with Gasteiger partial charge in [-0.05, 0) is 51.0 Å². The highest BCUT2D eigenvalue weighted by molar-refractivity contribution is 5.85. The van der Waals surface area contributed by atoms with Crippen LogP contribution in [0.5, 0.6) is 0 Å². The van der Waals surface area contributed by atoms with Crippen molar-refractivity contribution in [3.8, 4) is 0 Å². The molecular formula is C16H25ClN2O2. The van der Waals surface area contributed by atoms with Crippen LogP contribution in [0.1, 0.15) is 24.0 Å². The van der Waals surface area contributed by atoms with E-state index in [9.17, 15) is 4.79 Å². The Labute approximate surface area is 133 Å². The summed E-state index contributed by atoms with van der Waals surface area (Å²) in [6, 6.07) is 8.92. The lowest BCUT2D eigenvalue weighted by Gasteiger charge is -2.36. The van der Waals surface area contributed by atoms with Gasteiger partial charge in [-0.25, -0.2) is 0 Å². The number of rotatable bonds is 5. The van der Waals surface area contributed by atoms with Crippen molar-refractivity contribution in [3.63, 3.8) is 0 Å². The van der Waals surface area contributed by atoms with Crippen LogP contribution in [0.3, 0.4) is 0 Å². The van der Waals surface area contributed by atoms with Gasteiger partial charge < -0.3 is 5.11 Å². The molecule has 0 aliphatic carbocycles. The number of halogens is 1. The molecule has 1 fully saturated rings. The molecule has 0 saturated carbocycles. The fourth-order valence-electron chi connectivity index (χ4n) is 2.89. The second-order valence-corrected chi connectivity index (χ2v) is 5.74. The van der Waals surface area contributed by atoms with Gasteiger partial charge in [0.25, 0.3) is 0 Å². The molecule has 21 heavy (non-hydrogen) atoms. The van der Waals surface area contributed by atoms with Gasteiger partial charge in [-0.1, -0.05) is 24.3 Å². The van der Waals surface area contributed by atoms with Crippen LogP contribution in [0, 0.1) is 6.92 Å². The largest absolute Gasteiger partial charge is 0.480 e. The van der Waals surface area contributed by atoms with Gasteiger partial charge in [-0.15, -0.1) is 12.4 Å². The molecule has 1 N–H and O–H groups in total. The van der Waals surface area contributed by atoms with Crippen molar-refractivity contribution in [2.24, 2.45) is 0 Å². The van der Waals surface area contributed by atoms with E-state index in [1.54, 1.807) is 0 Å². The average Bonchev–Trinajstić information content (AvgIpc) is 2.41. The Morgan fingerprint density at radius 3 is 2.52 bits per heavy atom. The summed E-state index contributed by atoms with van der Waals surface area (Å²) in [5.41, 5.74) is 2.74. The van der Waals surface area contributed by atoms with Crippen LogP contribution in [-0.4, -0.2) is 53.6 Å². The minimum absolute atomic E-state index is 0. The van der Waals surface area contributed by atoms with Crippen molar-refractivity contribution >= 4 is 18.4 Å². The molecule has 1 aromatic rings. The van der Waals surface area contributed by atoms with E-state index >= 15 is 0 Å². The molecule has 1 heterocycles. The predicted octanol–water partition coefficient (Wildman–Crippen LogP) is 2.40. The van der Waals surface area contributed by atoms with E-state index in [0.717, 1.165) is 32.5 Å². The van der Waals surface area contributed by atoms with Gasteiger partial charge in [0.1, 0.15) is 0 Å². The van der Waals surface area contributed by atoms with Crippen molar-refractivity contribution in [3.05, 3.63) is 35.4 Å². The summed E-state index contributed by atoms with van der Waals surface area (Å²) in [6.45, 7) is 5.39. The summed E-state index contributed by atoms with van der Waals surface area (Å²) in [4.78, 5) is 15.2. The number of hydrogen-bond donors (Lipinski definition) is 1. The average molecular weight is 313 g/mol.